The molecule has 0 atom stereocenters. The average Bonchev–Trinajstić information content (AvgIpc) is 2.22. The molecule has 0 bridgehead atoms. The highest BCUT2D eigenvalue weighted by atomic mass is 35.5. The SMILES string of the molecule is Fc1cc(-c2cccc(Cl)c2Cl)ccn1. The van der Waals surface area contributed by atoms with E-state index in [-0.39, 0.29) is 0 Å². The van der Waals surface area contributed by atoms with Gasteiger partial charge in [-0.25, -0.2) is 4.98 Å². The molecule has 15 heavy (non-hydrogen) atoms. The summed E-state index contributed by atoms with van der Waals surface area (Å²) in [5.74, 6) is -0.538. The fourth-order valence-electron chi connectivity index (χ4n) is 1.30. The van der Waals surface area contributed by atoms with Crippen LogP contribution in [-0.2, 0) is 0 Å². The molecule has 0 aliphatic heterocycles. The maximum absolute atomic E-state index is 12.9. The molecule has 0 spiro atoms. The molecular weight excluding hydrogens is 236 g/mol. The minimum absolute atomic E-state index is 0.421. The van der Waals surface area contributed by atoms with Crippen molar-refractivity contribution in [3.8, 4) is 11.1 Å². The highest BCUT2D eigenvalue weighted by Crippen LogP contribution is 2.33. The summed E-state index contributed by atoms with van der Waals surface area (Å²) in [6, 6.07) is 8.23. The van der Waals surface area contributed by atoms with E-state index in [2.05, 4.69) is 4.98 Å². The Hall–Kier alpha value is -1.12. The van der Waals surface area contributed by atoms with Crippen LogP contribution in [0.4, 0.5) is 4.39 Å². The zero-order chi connectivity index (χ0) is 10.8. The predicted molar refractivity (Wildman–Crippen MR) is 59.7 cm³/mol. The van der Waals surface area contributed by atoms with Crippen LogP contribution in [0.2, 0.25) is 10.0 Å². The molecule has 1 nitrogen and oxygen atoms in total. The fraction of sp³-hybridized carbons (Fsp3) is 0. The van der Waals surface area contributed by atoms with Crippen molar-refractivity contribution in [3.63, 3.8) is 0 Å². The van der Waals surface area contributed by atoms with Gasteiger partial charge in [-0.2, -0.15) is 4.39 Å². The van der Waals surface area contributed by atoms with Gasteiger partial charge in [-0.1, -0.05) is 35.3 Å². The normalized spacial score (nSPS) is 10.3. The van der Waals surface area contributed by atoms with Gasteiger partial charge in [-0.05, 0) is 17.7 Å². The van der Waals surface area contributed by atoms with Crippen LogP contribution < -0.4 is 0 Å². The van der Waals surface area contributed by atoms with E-state index in [1.807, 2.05) is 0 Å². The second kappa shape index (κ2) is 4.17. The van der Waals surface area contributed by atoms with Crippen LogP contribution in [0.25, 0.3) is 11.1 Å². The molecule has 0 unspecified atom stereocenters. The van der Waals surface area contributed by atoms with Crippen LogP contribution in [0.15, 0.2) is 36.5 Å². The van der Waals surface area contributed by atoms with Gasteiger partial charge < -0.3 is 0 Å². The topological polar surface area (TPSA) is 12.9 Å². The number of pyridine rings is 1. The average molecular weight is 242 g/mol. The Bertz CT molecular complexity index is 500. The lowest BCUT2D eigenvalue weighted by Crippen LogP contribution is -1.85. The lowest BCUT2D eigenvalue weighted by atomic mass is 10.1. The lowest BCUT2D eigenvalue weighted by Gasteiger charge is -2.05. The predicted octanol–water partition coefficient (Wildman–Crippen LogP) is 4.19. The molecule has 76 valence electrons. The summed E-state index contributed by atoms with van der Waals surface area (Å²) in [6.07, 6.45) is 1.39. The summed E-state index contributed by atoms with van der Waals surface area (Å²) in [4.78, 5) is 3.47. The number of rotatable bonds is 1. The van der Waals surface area contributed by atoms with Gasteiger partial charge >= 0.3 is 0 Å². The minimum atomic E-state index is -0.538. The third kappa shape index (κ3) is 2.11. The number of halogens is 3. The second-order valence-corrected chi connectivity index (χ2v) is 3.75. The van der Waals surface area contributed by atoms with E-state index in [0.717, 1.165) is 0 Å². The quantitative estimate of drug-likeness (QED) is 0.683. The van der Waals surface area contributed by atoms with Gasteiger partial charge in [-0.15, -0.1) is 0 Å². The lowest BCUT2D eigenvalue weighted by molar-refractivity contribution is 0.584. The standard InChI is InChI=1S/C11H6Cl2FN/c12-9-3-1-2-8(11(9)13)7-4-5-15-10(14)6-7/h1-6H. The molecule has 0 radical (unpaired) electrons. The van der Waals surface area contributed by atoms with Crippen molar-refractivity contribution >= 4 is 23.2 Å². The monoisotopic (exact) mass is 241 g/mol. The van der Waals surface area contributed by atoms with Gasteiger partial charge in [0.25, 0.3) is 0 Å². The molecule has 0 amide bonds. The van der Waals surface area contributed by atoms with E-state index in [0.29, 0.717) is 21.2 Å². The van der Waals surface area contributed by atoms with Crippen LogP contribution in [0.3, 0.4) is 0 Å². The first-order valence-electron chi connectivity index (χ1n) is 4.24. The molecule has 1 aromatic heterocycles. The maximum Gasteiger partial charge on any atom is 0.213 e. The van der Waals surface area contributed by atoms with E-state index in [1.54, 1.807) is 24.3 Å². The number of benzene rings is 1. The molecule has 2 aromatic rings. The van der Waals surface area contributed by atoms with Crippen LogP contribution >= 0.6 is 23.2 Å². The van der Waals surface area contributed by atoms with E-state index < -0.39 is 5.95 Å². The van der Waals surface area contributed by atoms with Gasteiger partial charge in [-0.3, -0.25) is 0 Å². The van der Waals surface area contributed by atoms with E-state index >= 15 is 0 Å². The van der Waals surface area contributed by atoms with Crippen LogP contribution in [0.1, 0.15) is 0 Å². The van der Waals surface area contributed by atoms with Crippen molar-refractivity contribution in [1.29, 1.82) is 0 Å². The van der Waals surface area contributed by atoms with Crippen molar-refractivity contribution < 1.29 is 4.39 Å². The van der Waals surface area contributed by atoms with E-state index in [9.17, 15) is 4.39 Å². The van der Waals surface area contributed by atoms with Crippen molar-refractivity contribution in [2.24, 2.45) is 0 Å². The minimum Gasteiger partial charge on any atom is -0.228 e. The third-order valence-corrected chi connectivity index (χ3v) is 2.81. The Balaban J connectivity index is 2.59. The molecule has 4 heteroatoms. The number of aromatic nitrogens is 1. The largest absolute Gasteiger partial charge is 0.228 e. The smallest absolute Gasteiger partial charge is 0.213 e. The molecule has 0 saturated heterocycles. The molecule has 0 fully saturated rings. The van der Waals surface area contributed by atoms with Crippen molar-refractivity contribution in [3.05, 3.63) is 52.5 Å². The van der Waals surface area contributed by atoms with E-state index in [4.69, 9.17) is 23.2 Å². The van der Waals surface area contributed by atoms with Crippen molar-refractivity contribution in [1.82, 2.24) is 4.98 Å². The Labute approximate surface area is 96.5 Å². The Morgan fingerprint density at radius 1 is 1.13 bits per heavy atom. The summed E-state index contributed by atoms with van der Waals surface area (Å²) in [6.45, 7) is 0. The third-order valence-electron chi connectivity index (χ3n) is 1.99. The van der Waals surface area contributed by atoms with E-state index in [1.165, 1.54) is 12.3 Å². The fourth-order valence-corrected chi connectivity index (χ4v) is 1.71. The van der Waals surface area contributed by atoms with Crippen molar-refractivity contribution in [2.45, 2.75) is 0 Å². The van der Waals surface area contributed by atoms with Crippen LogP contribution in [0, 0.1) is 5.95 Å². The zero-order valence-corrected chi connectivity index (χ0v) is 9.06. The zero-order valence-electron chi connectivity index (χ0n) is 7.55. The first-order valence-corrected chi connectivity index (χ1v) is 5.00. The van der Waals surface area contributed by atoms with Crippen molar-refractivity contribution in [2.75, 3.05) is 0 Å². The van der Waals surface area contributed by atoms with Gasteiger partial charge in [0.15, 0.2) is 0 Å². The molecular formula is C11H6Cl2FN. The van der Waals surface area contributed by atoms with Gasteiger partial charge in [0, 0.05) is 17.8 Å². The summed E-state index contributed by atoms with van der Waals surface area (Å²) in [5.41, 5.74) is 1.36. The summed E-state index contributed by atoms with van der Waals surface area (Å²) in [7, 11) is 0. The van der Waals surface area contributed by atoms with Gasteiger partial charge in [0.05, 0.1) is 10.0 Å². The first-order chi connectivity index (χ1) is 7.18. The highest BCUT2D eigenvalue weighted by molar-refractivity contribution is 6.43. The number of hydrogen-bond donors (Lipinski definition) is 0. The van der Waals surface area contributed by atoms with Crippen LogP contribution in [-0.4, -0.2) is 4.98 Å². The summed E-state index contributed by atoms with van der Waals surface area (Å²) < 4.78 is 12.9. The Kier molecular flexibility index (Phi) is 2.89. The molecule has 0 N–H and O–H groups in total. The molecule has 2 rings (SSSR count). The number of hydrogen-bond acceptors (Lipinski definition) is 1. The highest BCUT2D eigenvalue weighted by Gasteiger charge is 2.07. The second-order valence-electron chi connectivity index (χ2n) is 2.97. The molecule has 0 aliphatic rings. The van der Waals surface area contributed by atoms with Crippen LogP contribution in [0.5, 0.6) is 0 Å². The molecule has 0 saturated carbocycles. The van der Waals surface area contributed by atoms with Gasteiger partial charge in [0.2, 0.25) is 5.95 Å². The number of nitrogens with zero attached hydrogens (tertiary/aromatic N) is 1. The Morgan fingerprint density at radius 2 is 1.93 bits per heavy atom. The summed E-state index contributed by atoms with van der Waals surface area (Å²) in [5, 5.41) is 0.871. The molecule has 1 aromatic carbocycles. The first kappa shape index (κ1) is 10.4. The summed E-state index contributed by atoms with van der Waals surface area (Å²) >= 11 is 11.9. The molecule has 1 heterocycles. The van der Waals surface area contributed by atoms with Gasteiger partial charge in [0.1, 0.15) is 0 Å². The maximum atomic E-state index is 12.9. The Morgan fingerprint density at radius 3 is 2.67 bits per heavy atom. The molecule has 0 aliphatic carbocycles.